The lowest BCUT2D eigenvalue weighted by Gasteiger charge is -2.07. The Kier molecular flexibility index (Phi) is 6.43. The second-order valence-electron chi connectivity index (χ2n) is 5.80. The van der Waals surface area contributed by atoms with E-state index in [-0.39, 0.29) is 5.91 Å². The summed E-state index contributed by atoms with van der Waals surface area (Å²) in [6.07, 6.45) is 2.39. The number of ether oxygens (including phenoxy) is 1. The first kappa shape index (κ1) is 18.9. The third-order valence-electron chi connectivity index (χ3n) is 3.99. The zero-order valence-corrected chi connectivity index (χ0v) is 16.1. The van der Waals surface area contributed by atoms with Gasteiger partial charge in [-0.15, -0.1) is 10.2 Å². The SMILES string of the molecule is COc1ccc(C(=O)NCCc2nnc(SCc3ccccn3)n2C)cc1. The summed E-state index contributed by atoms with van der Waals surface area (Å²) in [7, 11) is 3.53. The summed E-state index contributed by atoms with van der Waals surface area (Å²) in [6, 6.07) is 12.9. The molecule has 0 atom stereocenters. The highest BCUT2D eigenvalue weighted by molar-refractivity contribution is 7.98. The molecule has 0 spiro atoms. The number of nitrogens with one attached hydrogen (secondary N) is 1. The number of hydrogen-bond acceptors (Lipinski definition) is 6. The van der Waals surface area contributed by atoms with E-state index in [0.29, 0.717) is 18.5 Å². The van der Waals surface area contributed by atoms with E-state index in [1.54, 1.807) is 49.3 Å². The summed E-state index contributed by atoms with van der Waals surface area (Å²) in [5.41, 5.74) is 1.60. The lowest BCUT2D eigenvalue weighted by molar-refractivity contribution is 0.0954. The van der Waals surface area contributed by atoms with Gasteiger partial charge in [-0.25, -0.2) is 0 Å². The van der Waals surface area contributed by atoms with Crippen molar-refractivity contribution in [3.05, 3.63) is 65.7 Å². The second kappa shape index (κ2) is 9.18. The minimum atomic E-state index is -0.121. The summed E-state index contributed by atoms with van der Waals surface area (Å²) in [5, 5.41) is 12.2. The van der Waals surface area contributed by atoms with Crippen LogP contribution in [-0.2, 0) is 19.2 Å². The van der Waals surface area contributed by atoms with Gasteiger partial charge in [-0.1, -0.05) is 17.8 Å². The second-order valence-corrected chi connectivity index (χ2v) is 6.74. The van der Waals surface area contributed by atoms with E-state index in [4.69, 9.17) is 4.74 Å². The molecular formula is C19H21N5O2S. The zero-order valence-electron chi connectivity index (χ0n) is 15.3. The molecule has 2 heterocycles. The smallest absolute Gasteiger partial charge is 0.251 e. The lowest BCUT2D eigenvalue weighted by atomic mass is 10.2. The van der Waals surface area contributed by atoms with Crippen LogP contribution in [0.15, 0.2) is 53.8 Å². The molecule has 0 unspecified atom stereocenters. The van der Waals surface area contributed by atoms with Gasteiger partial charge in [0.2, 0.25) is 0 Å². The highest BCUT2D eigenvalue weighted by atomic mass is 32.2. The normalized spacial score (nSPS) is 10.6. The third-order valence-corrected chi connectivity index (χ3v) is 5.04. The van der Waals surface area contributed by atoms with Crippen LogP contribution in [0, 0.1) is 0 Å². The van der Waals surface area contributed by atoms with Crippen LogP contribution in [0.25, 0.3) is 0 Å². The van der Waals surface area contributed by atoms with Crippen LogP contribution >= 0.6 is 11.8 Å². The fourth-order valence-corrected chi connectivity index (χ4v) is 3.29. The number of thioether (sulfide) groups is 1. The maximum atomic E-state index is 12.2. The van der Waals surface area contributed by atoms with Gasteiger partial charge in [0.1, 0.15) is 11.6 Å². The molecule has 0 bridgehead atoms. The van der Waals surface area contributed by atoms with E-state index >= 15 is 0 Å². The van der Waals surface area contributed by atoms with E-state index in [1.165, 1.54) is 0 Å². The Hall–Kier alpha value is -2.87. The van der Waals surface area contributed by atoms with Crippen molar-refractivity contribution in [2.24, 2.45) is 7.05 Å². The number of nitrogens with zero attached hydrogens (tertiary/aromatic N) is 4. The third kappa shape index (κ3) is 5.07. The molecule has 0 radical (unpaired) electrons. The van der Waals surface area contributed by atoms with Crippen molar-refractivity contribution >= 4 is 17.7 Å². The van der Waals surface area contributed by atoms with Crippen molar-refractivity contribution in [1.82, 2.24) is 25.1 Å². The van der Waals surface area contributed by atoms with Crippen molar-refractivity contribution in [2.45, 2.75) is 17.3 Å². The summed E-state index contributed by atoms with van der Waals surface area (Å²) < 4.78 is 7.05. The van der Waals surface area contributed by atoms with Crippen molar-refractivity contribution in [3.8, 4) is 5.75 Å². The maximum Gasteiger partial charge on any atom is 0.251 e. The molecule has 7 nitrogen and oxygen atoms in total. The molecule has 2 aromatic heterocycles. The zero-order chi connectivity index (χ0) is 19.1. The maximum absolute atomic E-state index is 12.2. The molecule has 0 aliphatic heterocycles. The van der Waals surface area contributed by atoms with Crippen LogP contribution in [0.1, 0.15) is 21.9 Å². The molecule has 1 aromatic carbocycles. The summed E-state index contributed by atoms with van der Waals surface area (Å²) >= 11 is 1.59. The van der Waals surface area contributed by atoms with Crippen molar-refractivity contribution in [1.29, 1.82) is 0 Å². The molecule has 0 aliphatic rings. The van der Waals surface area contributed by atoms with Crippen molar-refractivity contribution in [2.75, 3.05) is 13.7 Å². The average molecular weight is 383 g/mol. The molecule has 3 rings (SSSR count). The number of hydrogen-bond donors (Lipinski definition) is 1. The number of carbonyl (C=O) groups excluding carboxylic acids is 1. The Balaban J connectivity index is 1.49. The van der Waals surface area contributed by atoms with Crippen LogP contribution in [0.5, 0.6) is 5.75 Å². The van der Waals surface area contributed by atoms with Crippen LogP contribution in [0.3, 0.4) is 0 Å². The molecule has 1 amide bonds. The minimum Gasteiger partial charge on any atom is -0.497 e. The van der Waals surface area contributed by atoms with Gasteiger partial charge in [0.15, 0.2) is 5.16 Å². The molecule has 1 N–H and O–H groups in total. The molecular weight excluding hydrogens is 362 g/mol. The average Bonchev–Trinajstić information content (AvgIpc) is 3.07. The monoisotopic (exact) mass is 383 g/mol. The highest BCUT2D eigenvalue weighted by Gasteiger charge is 2.11. The summed E-state index contributed by atoms with van der Waals surface area (Å²) in [6.45, 7) is 0.488. The first-order valence-corrected chi connectivity index (χ1v) is 9.49. The van der Waals surface area contributed by atoms with Gasteiger partial charge < -0.3 is 14.6 Å². The topological polar surface area (TPSA) is 81.9 Å². The van der Waals surface area contributed by atoms with Gasteiger partial charge in [-0.3, -0.25) is 9.78 Å². The molecule has 0 fully saturated rings. The molecule has 27 heavy (non-hydrogen) atoms. The Morgan fingerprint density at radius 2 is 2.00 bits per heavy atom. The summed E-state index contributed by atoms with van der Waals surface area (Å²) in [5.74, 6) is 2.17. The van der Waals surface area contributed by atoms with E-state index in [1.807, 2.05) is 29.8 Å². The Labute approximate surface area is 162 Å². The van der Waals surface area contributed by atoms with Gasteiger partial charge in [0.25, 0.3) is 5.91 Å². The number of rotatable bonds is 8. The quantitative estimate of drug-likeness (QED) is 0.602. The predicted molar refractivity (Wildman–Crippen MR) is 104 cm³/mol. The number of carbonyl (C=O) groups is 1. The van der Waals surface area contributed by atoms with Crippen LogP contribution < -0.4 is 10.1 Å². The molecule has 8 heteroatoms. The predicted octanol–water partition coefficient (Wildman–Crippen LogP) is 2.48. The molecule has 0 aliphatic carbocycles. The molecule has 0 saturated heterocycles. The number of amides is 1. The van der Waals surface area contributed by atoms with E-state index in [9.17, 15) is 4.79 Å². The fourth-order valence-electron chi connectivity index (χ4n) is 2.44. The van der Waals surface area contributed by atoms with Crippen LogP contribution in [0.2, 0.25) is 0 Å². The Morgan fingerprint density at radius 1 is 1.19 bits per heavy atom. The number of methoxy groups -OCH3 is 1. The van der Waals surface area contributed by atoms with Gasteiger partial charge in [0.05, 0.1) is 12.8 Å². The number of benzene rings is 1. The summed E-state index contributed by atoms with van der Waals surface area (Å²) in [4.78, 5) is 16.5. The Morgan fingerprint density at radius 3 is 2.70 bits per heavy atom. The Bertz CT molecular complexity index is 881. The molecule has 0 saturated carbocycles. The first-order chi connectivity index (χ1) is 13.2. The first-order valence-electron chi connectivity index (χ1n) is 8.50. The van der Waals surface area contributed by atoms with E-state index < -0.39 is 0 Å². The number of aromatic nitrogens is 4. The molecule has 3 aromatic rings. The van der Waals surface area contributed by atoms with Crippen molar-refractivity contribution < 1.29 is 9.53 Å². The standard InChI is InChI=1S/C19H21N5O2S/c1-24-17(22-23-19(24)27-13-15-5-3-4-11-20-15)10-12-21-18(25)14-6-8-16(26-2)9-7-14/h3-9,11H,10,12-13H2,1-2H3,(H,21,25). The number of pyridine rings is 1. The van der Waals surface area contributed by atoms with E-state index in [2.05, 4.69) is 20.5 Å². The van der Waals surface area contributed by atoms with Gasteiger partial charge in [-0.05, 0) is 36.4 Å². The minimum absolute atomic E-state index is 0.121. The van der Waals surface area contributed by atoms with Gasteiger partial charge >= 0.3 is 0 Å². The van der Waals surface area contributed by atoms with Gasteiger partial charge in [0, 0.05) is 37.5 Å². The molecule has 140 valence electrons. The highest BCUT2D eigenvalue weighted by Crippen LogP contribution is 2.20. The largest absolute Gasteiger partial charge is 0.497 e. The van der Waals surface area contributed by atoms with Crippen LogP contribution in [-0.4, -0.2) is 39.3 Å². The lowest BCUT2D eigenvalue weighted by Crippen LogP contribution is -2.26. The van der Waals surface area contributed by atoms with E-state index in [0.717, 1.165) is 28.2 Å². The van der Waals surface area contributed by atoms with Gasteiger partial charge in [-0.2, -0.15) is 0 Å². The fraction of sp³-hybridized carbons (Fsp3) is 0.263. The van der Waals surface area contributed by atoms with Crippen molar-refractivity contribution in [3.63, 3.8) is 0 Å². The van der Waals surface area contributed by atoms with Crippen LogP contribution in [0.4, 0.5) is 0 Å².